The molecule has 0 radical (unpaired) electrons. The van der Waals surface area contributed by atoms with E-state index in [-0.39, 0.29) is 5.97 Å². The fourth-order valence-corrected chi connectivity index (χ4v) is 13.4. The van der Waals surface area contributed by atoms with E-state index in [9.17, 15) is 4.79 Å². The summed E-state index contributed by atoms with van der Waals surface area (Å²) >= 11 is 12.3. The Bertz CT molecular complexity index is 1100. The van der Waals surface area contributed by atoms with Crippen molar-refractivity contribution in [3.8, 4) is 0 Å². The molecule has 0 aliphatic carbocycles. The van der Waals surface area contributed by atoms with Gasteiger partial charge in [-0.05, 0) is 42.9 Å². The number of unbranched alkanes of at least 4 members (excludes halogenated alkanes) is 30. The summed E-state index contributed by atoms with van der Waals surface area (Å²) in [4.78, 5) is 20.3. The molecule has 352 valence electrons. The molecule has 4 nitrogen and oxygen atoms in total. The number of rotatable bonds is 44. The number of anilines is 1. The topological polar surface area (TPSA) is 41.6 Å². The van der Waals surface area contributed by atoms with Crippen molar-refractivity contribution >= 4 is 51.4 Å². The minimum absolute atomic E-state index is 0.0816. The smallest absolute Gasteiger partial charge is 0.313 e. The summed E-state index contributed by atoms with van der Waals surface area (Å²) in [5.41, 5.74) is 2.09. The maximum Gasteiger partial charge on any atom is 0.313 e. The Balaban J connectivity index is 2.53. The zero-order valence-electron chi connectivity index (χ0n) is 40.8. The van der Waals surface area contributed by atoms with Crippen LogP contribution >= 0.6 is 23.2 Å². The lowest BCUT2D eigenvalue weighted by Crippen LogP contribution is -2.50. The number of hydrogen-bond acceptors (Lipinski definition) is 4. The van der Waals surface area contributed by atoms with Crippen LogP contribution < -0.4 is 9.88 Å². The summed E-state index contributed by atoms with van der Waals surface area (Å²) < 4.78 is 6.53. The van der Waals surface area contributed by atoms with Crippen LogP contribution in [-0.4, -0.2) is 47.4 Å². The predicted octanol–water partition coefficient (Wildman–Crippen LogP) is 18.1. The SMILES string of the molecule is CCCCCCCCCCCCCCCCCC[Si](C)(C)NC(C(=O)O[Si](C)(C)CCCCCCCCCCCCCCCCCC)c1ccc(N(CCCl)CCCl)cc1. The van der Waals surface area contributed by atoms with Crippen molar-refractivity contribution in [2.24, 2.45) is 0 Å². The summed E-state index contributed by atoms with van der Waals surface area (Å²) in [7, 11) is -4.07. The molecule has 1 unspecified atom stereocenters. The van der Waals surface area contributed by atoms with Crippen molar-refractivity contribution in [3.63, 3.8) is 0 Å². The van der Waals surface area contributed by atoms with Crippen LogP contribution in [-0.2, 0) is 9.22 Å². The molecule has 8 heteroatoms. The van der Waals surface area contributed by atoms with Gasteiger partial charge in [-0.3, -0.25) is 4.79 Å². The highest BCUT2D eigenvalue weighted by atomic mass is 35.5. The molecule has 60 heavy (non-hydrogen) atoms. The van der Waals surface area contributed by atoms with E-state index in [2.05, 4.69) is 74.2 Å². The van der Waals surface area contributed by atoms with E-state index in [4.69, 9.17) is 27.6 Å². The van der Waals surface area contributed by atoms with Gasteiger partial charge in [0.05, 0.1) is 0 Å². The number of carbonyl (C=O) groups is 1. The third kappa shape index (κ3) is 32.2. The third-order valence-corrected chi connectivity index (χ3v) is 18.1. The highest BCUT2D eigenvalue weighted by Gasteiger charge is 2.35. The lowest BCUT2D eigenvalue weighted by molar-refractivity contribution is -0.137. The van der Waals surface area contributed by atoms with Gasteiger partial charge in [0.2, 0.25) is 8.32 Å². The predicted molar refractivity (Wildman–Crippen MR) is 276 cm³/mol. The zero-order valence-corrected chi connectivity index (χ0v) is 44.3. The number of alkyl halides is 2. The Hall–Kier alpha value is -0.536. The normalized spacial score (nSPS) is 12.6. The van der Waals surface area contributed by atoms with E-state index < -0.39 is 22.6 Å². The molecule has 0 amide bonds. The van der Waals surface area contributed by atoms with Gasteiger partial charge in [-0.25, -0.2) is 0 Å². The number of hydrogen-bond donors (Lipinski definition) is 1. The number of nitrogens with one attached hydrogen (secondary N) is 1. The number of nitrogens with zero attached hydrogens (tertiary/aromatic N) is 1. The minimum Gasteiger partial charge on any atom is -0.518 e. The van der Waals surface area contributed by atoms with Crippen LogP contribution in [0.1, 0.15) is 231 Å². The first-order valence-corrected chi connectivity index (χ1v) is 33.5. The lowest BCUT2D eigenvalue weighted by Gasteiger charge is -2.32. The van der Waals surface area contributed by atoms with Crippen LogP contribution in [0.3, 0.4) is 0 Å². The van der Waals surface area contributed by atoms with Crippen LogP contribution in [0.25, 0.3) is 0 Å². The Labute approximate surface area is 386 Å². The van der Waals surface area contributed by atoms with Gasteiger partial charge in [-0.2, -0.15) is 0 Å². The molecule has 0 bridgehead atoms. The zero-order chi connectivity index (χ0) is 44.0. The van der Waals surface area contributed by atoms with E-state index in [1.54, 1.807) is 0 Å². The molecule has 0 spiro atoms. The van der Waals surface area contributed by atoms with Gasteiger partial charge in [-0.15, -0.1) is 23.2 Å². The summed E-state index contributed by atoms with van der Waals surface area (Å²) in [6, 6.07) is 10.3. The molecular formula is C52H100Cl2N2O2Si2. The standard InChI is InChI=1S/C52H100Cl2N2O2Si2/c1-7-9-11-13-15-17-19-21-23-25-27-29-31-33-35-37-47-59(3,4)55-51(49-39-41-50(42-40-49)56(45-43-53)46-44-54)52(57)58-60(5,6)48-38-36-34-32-30-28-26-24-22-20-18-16-14-12-10-8-2/h39-42,51,55H,7-38,43-48H2,1-6H3. The van der Waals surface area contributed by atoms with Crippen molar-refractivity contribution in [1.29, 1.82) is 0 Å². The molecule has 0 aliphatic rings. The molecule has 0 saturated heterocycles. The molecule has 1 atom stereocenters. The number of carbonyl (C=O) groups excluding carboxylic acids is 1. The average molecular weight is 912 g/mol. The number of benzene rings is 1. The summed E-state index contributed by atoms with van der Waals surface area (Å²) in [6.45, 7) is 15.4. The van der Waals surface area contributed by atoms with Crippen molar-refractivity contribution in [3.05, 3.63) is 29.8 Å². The fraction of sp³-hybridized carbons (Fsp3) is 0.865. The van der Waals surface area contributed by atoms with Crippen LogP contribution in [0.2, 0.25) is 38.3 Å². The fourth-order valence-electron chi connectivity index (χ4n) is 8.79. The molecular weight excluding hydrogens is 812 g/mol. The molecule has 1 rings (SSSR count). The van der Waals surface area contributed by atoms with E-state index in [0.29, 0.717) is 11.8 Å². The second-order valence-electron chi connectivity index (χ2n) is 19.7. The monoisotopic (exact) mass is 911 g/mol. The average Bonchev–Trinajstić information content (AvgIpc) is 3.22. The van der Waals surface area contributed by atoms with Gasteiger partial charge in [0.15, 0.2) is 0 Å². The molecule has 1 aromatic rings. The summed E-state index contributed by atoms with van der Waals surface area (Å²) in [6.07, 6.45) is 44.2. The Morgan fingerprint density at radius 1 is 0.517 bits per heavy atom. The number of halogens is 2. The second kappa shape index (κ2) is 38.9. The van der Waals surface area contributed by atoms with Gasteiger partial charge in [0.25, 0.3) is 0 Å². The Kier molecular flexibility index (Phi) is 37.2. The lowest BCUT2D eigenvalue weighted by atomic mass is 10.0. The van der Waals surface area contributed by atoms with Crippen LogP contribution in [0, 0.1) is 0 Å². The molecule has 0 heterocycles. The molecule has 0 aromatic heterocycles. The molecule has 1 N–H and O–H groups in total. The first-order valence-electron chi connectivity index (χ1n) is 26.1. The quantitative estimate of drug-likeness (QED) is 0.0402. The van der Waals surface area contributed by atoms with Crippen molar-refractivity contribution in [1.82, 2.24) is 4.98 Å². The first-order chi connectivity index (χ1) is 29.1. The van der Waals surface area contributed by atoms with Gasteiger partial charge in [0.1, 0.15) is 14.3 Å². The molecule has 0 saturated carbocycles. The maximum absolute atomic E-state index is 14.2. The highest BCUT2D eigenvalue weighted by molar-refractivity contribution is 6.75. The van der Waals surface area contributed by atoms with Crippen molar-refractivity contribution in [2.45, 2.75) is 264 Å². The van der Waals surface area contributed by atoms with Gasteiger partial charge in [0, 0.05) is 30.5 Å². The van der Waals surface area contributed by atoms with Gasteiger partial charge >= 0.3 is 5.97 Å². The van der Waals surface area contributed by atoms with Gasteiger partial charge in [-0.1, -0.05) is 245 Å². The maximum atomic E-state index is 14.2. The Morgan fingerprint density at radius 3 is 1.17 bits per heavy atom. The van der Waals surface area contributed by atoms with Crippen LogP contribution in [0.15, 0.2) is 24.3 Å². The largest absolute Gasteiger partial charge is 0.518 e. The van der Waals surface area contributed by atoms with E-state index in [0.717, 1.165) is 36.8 Å². The third-order valence-electron chi connectivity index (χ3n) is 12.7. The van der Waals surface area contributed by atoms with E-state index >= 15 is 0 Å². The first kappa shape index (κ1) is 57.5. The summed E-state index contributed by atoms with van der Waals surface area (Å²) in [5.74, 6) is 1.02. The Morgan fingerprint density at radius 2 is 0.833 bits per heavy atom. The van der Waals surface area contributed by atoms with E-state index in [1.165, 1.54) is 205 Å². The second-order valence-corrected chi connectivity index (χ2v) is 29.2. The van der Waals surface area contributed by atoms with Crippen LogP contribution in [0.5, 0.6) is 0 Å². The van der Waals surface area contributed by atoms with Crippen LogP contribution in [0.4, 0.5) is 5.69 Å². The van der Waals surface area contributed by atoms with Crippen molar-refractivity contribution in [2.75, 3.05) is 29.7 Å². The summed E-state index contributed by atoms with van der Waals surface area (Å²) in [5, 5.41) is 0. The molecule has 1 aromatic carbocycles. The highest BCUT2D eigenvalue weighted by Crippen LogP contribution is 2.27. The van der Waals surface area contributed by atoms with Crippen molar-refractivity contribution < 1.29 is 9.22 Å². The molecule has 0 aliphatic heterocycles. The van der Waals surface area contributed by atoms with E-state index in [1.807, 2.05) is 0 Å². The molecule has 0 fully saturated rings. The van der Waals surface area contributed by atoms with Gasteiger partial charge < -0.3 is 14.3 Å². The minimum atomic E-state index is -2.17.